The Kier molecular flexibility index (Phi) is 6.96. The van der Waals surface area contributed by atoms with Crippen LogP contribution in [0.2, 0.25) is 0 Å². The van der Waals surface area contributed by atoms with Crippen LogP contribution in [0.4, 0.5) is 0 Å². The number of carbonyl (C=O) groups excluding carboxylic acids is 1. The molecule has 1 heterocycles. The van der Waals surface area contributed by atoms with E-state index in [0.29, 0.717) is 24.9 Å². The molecule has 2 N–H and O–H groups in total. The predicted molar refractivity (Wildman–Crippen MR) is 84.6 cm³/mol. The second-order valence-corrected chi connectivity index (χ2v) is 6.97. The summed E-state index contributed by atoms with van der Waals surface area (Å²) in [7, 11) is 2.15. The lowest BCUT2D eigenvalue weighted by Crippen LogP contribution is -2.43. The van der Waals surface area contributed by atoms with Crippen LogP contribution in [0.25, 0.3) is 0 Å². The monoisotopic (exact) mass is 283 g/mol. The van der Waals surface area contributed by atoms with Gasteiger partial charge in [0.2, 0.25) is 5.91 Å². The Labute approximate surface area is 124 Å². The van der Waals surface area contributed by atoms with E-state index in [2.05, 4.69) is 37.6 Å². The first-order valence-corrected chi connectivity index (χ1v) is 8.07. The third-order valence-corrected chi connectivity index (χ3v) is 4.53. The zero-order chi connectivity index (χ0) is 15.2. The van der Waals surface area contributed by atoms with Crippen LogP contribution in [0.3, 0.4) is 0 Å². The van der Waals surface area contributed by atoms with Gasteiger partial charge in [0, 0.05) is 25.6 Å². The number of rotatable bonds is 6. The van der Waals surface area contributed by atoms with Gasteiger partial charge in [0.15, 0.2) is 0 Å². The molecule has 0 radical (unpaired) electrons. The lowest BCUT2D eigenvalue weighted by atomic mass is 9.84. The summed E-state index contributed by atoms with van der Waals surface area (Å²) in [4.78, 5) is 17.0. The SMILES string of the molecule is CCC1CN(C)CCCN1C(=O)CCC(C)(C)CCN. The second-order valence-electron chi connectivity index (χ2n) is 6.97. The van der Waals surface area contributed by atoms with E-state index in [9.17, 15) is 4.79 Å². The van der Waals surface area contributed by atoms with Crippen LogP contribution in [-0.2, 0) is 4.79 Å². The van der Waals surface area contributed by atoms with E-state index in [1.165, 1.54) is 0 Å². The third-order valence-electron chi connectivity index (χ3n) is 4.53. The van der Waals surface area contributed by atoms with Crippen molar-refractivity contribution in [3.8, 4) is 0 Å². The van der Waals surface area contributed by atoms with E-state index in [4.69, 9.17) is 5.73 Å². The minimum atomic E-state index is 0.175. The summed E-state index contributed by atoms with van der Waals surface area (Å²) >= 11 is 0. The summed E-state index contributed by atoms with van der Waals surface area (Å²) < 4.78 is 0. The molecule has 1 atom stereocenters. The molecule has 1 amide bonds. The van der Waals surface area contributed by atoms with E-state index in [-0.39, 0.29) is 5.41 Å². The maximum atomic E-state index is 12.6. The van der Waals surface area contributed by atoms with Gasteiger partial charge in [0.25, 0.3) is 0 Å². The highest BCUT2D eigenvalue weighted by atomic mass is 16.2. The summed E-state index contributed by atoms with van der Waals surface area (Å²) in [6.45, 7) is 10.3. The Morgan fingerprint density at radius 2 is 2.00 bits per heavy atom. The van der Waals surface area contributed by atoms with Crippen molar-refractivity contribution in [3.05, 3.63) is 0 Å². The van der Waals surface area contributed by atoms with Crippen molar-refractivity contribution in [2.75, 3.05) is 33.2 Å². The molecule has 20 heavy (non-hydrogen) atoms. The smallest absolute Gasteiger partial charge is 0.222 e. The van der Waals surface area contributed by atoms with Crippen molar-refractivity contribution in [3.63, 3.8) is 0 Å². The van der Waals surface area contributed by atoms with Crippen molar-refractivity contribution in [2.45, 2.75) is 58.9 Å². The number of carbonyl (C=O) groups is 1. The van der Waals surface area contributed by atoms with Crippen LogP contribution < -0.4 is 5.73 Å². The molecule has 0 aliphatic carbocycles. The van der Waals surface area contributed by atoms with Crippen LogP contribution in [0, 0.1) is 5.41 Å². The fourth-order valence-electron chi connectivity index (χ4n) is 3.03. The number of nitrogens with zero attached hydrogens (tertiary/aromatic N) is 2. The molecule has 1 fully saturated rings. The van der Waals surface area contributed by atoms with E-state index < -0.39 is 0 Å². The van der Waals surface area contributed by atoms with Gasteiger partial charge < -0.3 is 15.5 Å². The molecule has 1 aliphatic heterocycles. The Morgan fingerprint density at radius 3 is 2.60 bits per heavy atom. The number of likely N-dealkylation sites (N-methyl/N-ethyl adjacent to an activating group) is 1. The average molecular weight is 283 g/mol. The van der Waals surface area contributed by atoms with Gasteiger partial charge in [-0.1, -0.05) is 20.8 Å². The molecule has 0 aromatic carbocycles. The predicted octanol–water partition coefficient (Wildman–Crippen LogP) is 2.08. The molecule has 0 aromatic rings. The highest BCUT2D eigenvalue weighted by molar-refractivity contribution is 5.76. The van der Waals surface area contributed by atoms with Gasteiger partial charge >= 0.3 is 0 Å². The Hall–Kier alpha value is -0.610. The van der Waals surface area contributed by atoms with Crippen LogP contribution in [0.1, 0.15) is 52.9 Å². The lowest BCUT2D eigenvalue weighted by Gasteiger charge is -2.32. The summed E-state index contributed by atoms with van der Waals surface area (Å²) in [5.41, 5.74) is 5.82. The maximum Gasteiger partial charge on any atom is 0.222 e. The third kappa shape index (κ3) is 5.41. The van der Waals surface area contributed by atoms with Crippen molar-refractivity contribution in [1.82, 2.24) is 9.80 Å². The quantitative estimate of drug-likeness (QED) is 0.812. The zero-order valence-electron chi connectivity index (χ0n) is 13.8. The maximum absolute atomic E-state index is 12.6. The molecule has 0 bridgehead atoms. The molecule has 1 unspecified atom stereocenters. The van der Waals surface area contributed by atoms with E-state index in [1.807, 2.05) is 0 Å². The van der Waals surface area contributed by atoms with Gasteiger partial charge in [-0.2, -0.15) is 0 Å². The van der Waals surface area contributed by atoms with Crippen LogP contribution >= 0.6 is 0 Å². The first-order chi connectivity index (χ1) is 9.39. The molecule has 4 heteroatoms. The number of amides is 1. The second kappa shape index (κ2) is 7.99. The Morgan fingerprint density at radius 1 is 1.30 bits per heavy atom. The fourth-order valence-corrected chi connectivity index (χ4v) is 3.03. The highest BCUT2D eigenvalue weighted by Gasteiger charge is 2.27. The van der Waals surface area contributed by atoms with E-state index in [1.54, 1.807) is 0 Å². The number of hydrogen-bond donors (Lipinski definition) is 1. The minimum Gasteiger partial charge on any atom is -0.338 e. The van der Waals surface area contributed by atoms with Crippen molar-refractivity contribution < 1.29 is 4.79 Å². The molecule has 0 spiro atoms. The first kappa shape index (κ1) is 17.4. The van der Waals surface area contributed by atoms with Crippen LogP contribution in [0.15, 0.2) is 0 Å². The molecule has 1 rings (SSSR count). The van der Waals surface area contributed by atoms with Crippen molar-refractivity contribution >= 4 is 5.91 Å². The highest BCUT2D eigenvalue weighted by Crippen LogP contribution is 2.27. The molecular formula is C16H33N3O. The molecule has 1 saturated heterocycles. The van der Waals surface area contributed by atoms with Gasteiger partial charge in [0.1, 0.15) is 0 Å². The minimum absolute atomic E-state index is 0.175. The summed E-state index contributed by atoms with van der Waals surface area (Å²) in [6, 6.07) is 0.382. The Bertz CT molecular complexity index is 304. The van der Waals surface area contributed by atoms with Gasteiger partial charge in [-0.05, 0) is 51.2 Å². The number of hydrogen-bond acceptors (Lipinski definition) is 3. The van der Waals surface area contributed by atoms with Gasteiger partial charge in [0.05, 0.1) is 0 Å². The molecule has 1 aliphatic rings. The van der Waals surface area contributed by atoms with Gasteiger partial charge in [-0.3, -0.25) is 4.79 Å². The molecule has 118 valence electrons. The lowest BCUT2D eigenvalue weighted by molar-refractivity contribution is -0.134. The van der Waals surface area contributed by atoms with Crippen molar-refractivity contribution in [2.24, 2.45) is 11.1 Å². The summed E-state index contributed by atoms with van der Waals surface area (Å²) in [5.74, 6) is 0.331. The molecule has 0 saturated carbocycles. The first-order valence-electron chi connectivity index (χ1n) is 8.07. The zero-order valence-corrected chi connectivity index (χ0v) is 13.8. The number of nitrogens with two attached hydrogens (primary N) is 1. The normalized spacial score (nSPS) is 21.9. The molecule has 4 nitrogen and oxygen atoms in total. The average Bonchev–Trinajstić information content (AvgIpc) is 2.57. The van der Waals surface area contributed by atoms with E-state index in [0.717, 1.165) is 45.3 Å². The van der Waals surface area contributed by atoms with Crippen LogP contribution in [-0.4, -0.2) is 55.0 Å². The summed E-state index contributed by atoms with van der Waals surface area (Å²) in [5, 5.41) is 0. The van der Waals surface area contributed by atoms with E-state index >= 15 is 0 Å². The standard InChI is InChI=1S/C16H33N3O/c1-5-14-13-18(4)11-6-12-19(14)15(20)7-8-16(2,3)9-10-17/h14H,5-13,17H2,1-4H3. The topological polar surface area (TPSA) is 49.6 Å². The molecular weight excluding hydrogens is 250 g/mol. The Balaban J connectivity index is 2.55. The van der Waals surface area contributed by atoms with Gasteiger partial charge in [-0.25, -0.2) is 0 Å². The largest absolute Gasteiger partial charge is 0.338 e. The molecule has 0 aromatic heterocycles. The van der Waals surface area contributed by atoms with Crippen molar-refractivity contribution in [1.29, 1.82) is 0 Å². The fraction of sp³-hybridized carbons (Fsp3) is 0.938. The summed E-state index contributed by atoms with van der Waals surface area (Å²) in [6.07, 6.45) is 4.71. The van der Waals surface area contributed by atoms with Gasteiger partial charge in [-0.15, -0.1) is 0 Å². The van der Waals surface area contributed by atoms with Crippen LogP contribution in [0.5, 0.6) is 0 Å².